The van der Waals surface area contributed by atoms with E-state index in [0.29, 0.717) is 29.9 Å². The predicted molar refractivity (Wildman–Crippen MR) is 118 cm³/mol. The average molecular weight is 439 g/mol. The highest BCUT2D eigenvalue weighted by molar-refractivity contribution is 5.69. The lowest BCUT2D eigenvalue weighted by Gasteiger charge is -2.42. The van der Waals surface area contributed by atoms with Gasteiger partial charge in [-0.2, -0.15) is 0 Å². The minimum absolute atomic E-state index is 0.0320. The predicted octanol–water partition coefficient (Wildman–Crippen LogP) is 2.91. The lowest BCUT2D eigenvalue weighted by molar-refractivity contribution is 0.0939. The molecule has 32 heavy (non-hydrogen) atoms. The van der Waals surface area contributed by atoms with Gasteiger partial charge in [0.25, 0.3) is 0 Å². The normalized spacial score (nSPS) is 24.6. The van der Waals surface area contributed by atoms with E-state index in [9.17, 15) is 9.50 Å². The van der Waals surface area contributed by atoms with Crippen molar-refractivity contribution in [2.75, 3.05) is 25.7 Å². The van der Waals surface area contributed by atoms with Crippen LogP contribution in [0.3, 0.4) is 0 Å². The van der Waals surface area contributed by atoms with E-state index in [1.807, 2.05) is 13.1 Å². The second-order valence-corrected chi connectivity index (χ2v) is 8.87. The van der Waals surface area contributed by atoms with E-state index >= 15 is 0 Å². The fraction of sp³-hybridized carbons (Fsp3) is 0.435. The van der Waals surface area contributed by atoms with Crippen LogP contribution >= 0.6 is 0 Å². The highest BCUT2D eigenvalue weighted by atomic mass is 19.1. The second kappa shape index (κ2) is 8.14. The van der Waals surface area contributed by atoms with Crippen LogP contribution in [-0.2, 0) is 4.74 Å². The van der Waals surface area contributed by atoms with Gasteiger partial charge in [-0.15, -0.1) is 10.2 Å². The van der Waals surface area contributed by atoms with Gasteiger partial charge >= 0.3 is 0 Å². The molecular formula is C23H27FN6O2. The molecule has 9 heteroatoms. The average Bonchev–Trinajstić information content (AvgIpc) is 3.43. The number of imidazole rings is 1. The maximum atomic E-state index is 14.7. The van der Waals surface area contributed by atoms with Crippen molar-refractivity contribution in [3.05, 3.63) is 48.8 Å². The van der Waals surface area contributed by atoms with Crippen LogP contribution in [0.15, 0.2) is 43.0 Å². The number of halogens is 1. The number of ether oxygens (including phenoxy) is 1. The van der Waals surface area contributed by atoms with Crippen molar-refractivity contribution in [2.45, 2.75) is 43.3 Å². The van der Waals surface area contributed by atoms with Gasteiger partial charge in [-0.25, -0.2) is 9.37 Å². The molecule has 168 valence electrons. The number of piperidine rings is 1. The van der Waals surface area contributed by atoms with Gasteiger partial charge in [0.05, 0.1) is 24.3 Å². The molecule has 2 aliphatic rings. The van der Waals surface area contributed by atoms with E-state index < -0.39 is 5.82 Å². The molecule has 8 nitrogen and oxygen atoms in total. The molecule has 3 aromatic rings. The Kier molecular flexibility index (Phi) is 5.30. The van der Waals surface area contributed by atoms with Gasteiger partial charge in [0, 0.05) is 55.8 Å². The number of aromatic hydroxyl groups is 1. The van der Waals surface area contributed by atoms with Crippen molar-refractivity contribution in [3.8, 4) is 22.7 Å². The van der Waals surface area contributed by atoms with E-state index in [1.54, 1.807) is 25.6 Å². The molecule has 2 bridgehead atoms. The van der Waals surface area contributed by atoms with Gasteiger partial charge in [-0.05, 0) is 43.9 Å². The van der Waals surface area contributed by atoms with Crippen LogP contribution < -0.4 is 10.2 Å². The summed E-state index contributed by atoms with van der Waals surface area (Å²) in [5.74, 6) is 0.206. The number of methoxy groups -OCH3 is 1. The lowest BCUT2D eigenvalue weighted by Crippen LogP contribution is -2.57. The zero-order chi connectivity index (χ0) is 22.3. The van der Waals surface area contributed by atoms with Crippen molar-refractivity contribution in [2.24, 2.45) is 0 Å². The van der Waals surface area contributed by atoms with Crippen LogP contribution in [0.2, 0.25) is 0 Å². The number of benzene rings is 1. The minimum Gasteiger partial charge on any atom is -0.507 e. The summed E-state index contributed by atoms with van der Waals surface area (Å²) in [6.45, 7) is 0.707. The Balaban J connectivity index is 1.36. The van der Waals surface area contributed by atoms with Crippen molar-refractivity contribution in [1.29, 1.82) is 0 Å². The summed E-state index contributed by atoms with van der Waals surface area (Å²) < 4.78 is 21.7. The first kappa shape index (κ1) is 20.8. The summed E-state index contributed by atoms with van der Waals surface area (Å²) in [4.78, 5) is 6.09. The van der Waals surface area contributed by atoms with Gasteiger partial charge in [0.2, 0.25) is 0 Å². The maximum absolute atomic E-state index is 14.7. The molecule has 2 fully saturated rings. The van der Waals surface area contributed by atoms with E-state index in [-0.39, 0.29) is 17.0 Å². The third-order valence-electron chi connectivity index (χ3n) is 6.77. The van der Waals surface area contributed by atoms with Gasteiger partial charge in [0.1, 0.15) is 11.6 Å². The molecule has 0 aliphatic carbocycles. The third-order valence-corrected chi connectivity index (χ3v) is 6.77. The second-order valence-electron chi connectivity index (χ2n) is 8.87. The first-order valence-electron chi connectivity index (χ1n) is 10.8. The fourth-order valence-electron chi connectivity index (χ4n) is 5.17. The van der Waals surface area contributed by atoms with Crippen molar-refractivity contribution < 1.29 is 14.2 Å². The van der Waals surface area contributed by atoms with E-state index in [2.05, 4.69) is 25.4 Å². The lowest BCUT2D eigenvalue weighted by atomic mass is 9.87. The Hall–Kier alpha value is -3.04. The van der Waals surface area contributed by atoms with Gasteiger partial charge in [-0.3, -0.25) is 0 Å². The van der Waals surface area contributed by atoms with Crippen molar-refractivity contribution in [1.82, 2.24) is 25.1 Å². The van der Waals surface area contributed by atoms with Crippen LogP contribution in [0.4, 0.5) is 10.2 Å². The van der Waals surface area contributed by atoms with Crippen LogP contribution in [0.25, 0.3) is 16.9 Å². The van der Waals surface area contributed by atoms with Crippen molar-refractivity contribution >= 4 is 5.82 Å². The number of nitrogens with zero attached hydrogens (tertiary/aromatic N) is 5. The Labute approximate surface area is 186 Å². The van der Waals surface area contributed by atoms with Gasteiger partial charge < -0.3 is 24.6 Å². The van der Waals surface area contributed by atoms with Crippen LogP contribution in [0, 0.1) is 5.82 Å². The largest absolute Gasteiger partial charge is 0.507 e. The Bertz CT molecular complexity index is 1090. The molecule has 3 atom stereocenters. The summed E-state index contributed by atoms with van der Waals surface area (Å²) in [6, 6.07) is 7.11. The Morgan fingerprint density at radius 3 is 2.94 bits per heavy atom. The maximum Gasteiger partial charge on any atom is 0.151 e. The molecule has 2 saturated heterocycles. The molecular weight excluding hydrogens is 411 g/mol. The van der Waals surface area contributed by atoms with Crippen LogP contribution in [0.1, 0.15) is 25.7 Å². The monoisotopic (exact) mass is 438 g/mol. The van der Waals surface area contributed by atoms with E-state index in [4.69, 9.17) is 4.74 Å². The number of anilines is 1. The third kappa shape index (κ3) is 3.71. The highest BCUT2D eigenvalue weighted by Crippen LogP contribution is 2.39. The number of hydrogen-bond donors (Lipinski definition) is 2. The number of fused-ring (bicyclic) bond motifs is 2. The molecule has 0 saturated carbocycles. The number of hydrogen-bond acceptors (Lipinski definition) is 7. The quantitative estimate of drug-likeness (QED) is 0.612. The number of aromatic nitrogens is 4. The molecule has 0 spiro atoms. The molecule has 1 aromatic carbocycles. The highest BCUT2D eigenvalue weighted by Gasteiger charge is 2.46. The van der Waals surface area contributed by atoms with Crippen LogP contribution in [-0.4, -0.2) is 63.2 Å². The summed E-state index contributed by atoms with van der Waals surface area (Å²) in [5.41, 5.74) is 0.965. The molecule has 0 radical (unpaired) electrons. The zero-order valence-electron chi connectivity index (χ0n) is 18.2. The van der Waals surface area contributed by atoms with Gasteiger partial charge in [0.15, 0.2) is 5.82 Å². The molecule has 2 aromatic heterocycles. The van der Waals surface area contributed by atoms with Gasteiger partial charge in [-0.1, -0.05) is 0 Å². The molecule has 0 amide bonds. The topological polar surface area (TPSA) is 88.3 Å². The number of phenols is 1. The smallest absolute Gasteiger partial charge is 0.151 e. The van der Waals surface area contributed by atoms with E-state index in [1.165, 1.54) is 23.0 Å². The summed E-state index contributed by atoms with van der Waals surface area (Å²) in [6.07, 6.45) is 8.97. The number of nitrogens with one attached hydrogen (secondary N) is 1. The standard InChI is InChI=1S/C23H27FN6O2/c1-29(16-9-15-5-6-23(12-16,26-15)13-32-2)22-4-3-19(27-28-22)17-10-18(24)20(11-21(17)31)30-8-7-25-14-30/h3-4,7-8,10-11,14-16,26,31H,5-6,9,12-13H2,1-2H3/t15?,16-,23+/m0/s1. The summed E-state index contributed by atoms with van der Waals surface area (Å²) >= 11 is 0. The summed E-state index contributed by atoms with van der Waals surface area (Å²) in [5, 5.41) is 22.9. The van der Waals surface area contributed by atoms with E-state index in [0.717, 1.165) is 31.5 Å². The minimum atomic E-state index is -0.479. The molecule has 1 unspecified atom stereocenters. The molecule has 2 N–H and O–H groups in total. The molecule has 2 aliphatic heterocycles. The number of phenolic OH excluding ortho intramolecular Hbond substituents is 1. The Morgan fingerprint density at radius 2 is 2.22 bits per heavy atom. The van der Waals surface area contributed by atoms with Crippen molar-refractivity contribution in [3.63, 3.8) is 0 Å². The Morgan fingerprint density at radius 1 is 1.34 bits per heavy atom. The zero-order valence-corrected chi connectivity index (χ0v) is 18.2. The number of rotatable bonds is 6. The summed E-state index contributed by atoms with van der Waals surface area (Å²) in [7, 11) is 3.79. The van der Waals surface area contributed by atoms with Crippen LogP contribution in [0.5, 0.6) is 5.75 Å². The fourth-order valence-corrected chi connectivity index (χ4v) is 5.17. The molecule has 5 rings (SSSR count). The SMILES string of the molecule is COC[C@@]12CCC(C[C@H](N(C)c3ccc(-c4cc(F)c(-n5ccnc5)cc4O)nn3)C1)N2. The first-order valence-corrected chi connectivity index (χ1v) is 10.8. The molecule has 4 heterocycles. The first-order chi connectivity index (χ1) is 15.5.